The van der Waals surface area contributed by atoms with E-state index in [4.69, 9.17) is 15.5 Å². The SMILES string of the molecule is C=CC1(c2ccccc2)N=C(c2cccnc2)C(C2=CCCCO2)=C(C(N)=O)N1. The van der Waals surface area contributed by atoms with Gasteiger partial charge in [-0.25, -0.2) is 4.99 Å². The number of nitrogens with two attached hydrogens (primary N) is 1. The van der Waals surface area contributed by atoms with Gasteiger partial charge >= 0.3 is 0 Å². The average molecular weight is 386 g/mol. The number of carbonyl (C=O) groups is 1. The fourth-order valence-corrected chi connectivity index (χ4v) is 3.54. The van der Waals surface area contributed by atoms with E-state index in [-0.39, 0.29) is 5.70 Å². The summed E-state index contributed by atoms with van der Waals surface area (Å²) >= 11 is 0. The van der Waals surface area contributed by atoms with E-state index in [1.54, 1.807) is 18.5 Å². The van der Waals surface area contributed by atoms with Crippen LogP contribution in [-0.4, -0.2) is 23.2 Å². The Morgan fingerprint density at radius 2 is 2.07 bits per heavy atom. The quantitative estimate of drug-likeness (QED) is 0.773. The number of ether oxygens (including phenoxy) is 1. The van der Waals surface area contributed by atoms with Crippen molar-refractivity contribution < 1.29 is 9.53 Å². The number of aliphatic imine (C=N–C) groups is 1. The van der Waals surface area contributed by atoms with Crippen molar-refractivity contribution in [2.75, 3.05) is 6.61 Å². The number of hydrogen-bond acceptors (Lipinski definition) is 5. The number of nitrogens with zero attached hydrogens (tertiary/aromatic N) is 2. The van der Waals surface area contributed by atoms with Crippen molar-refractivity contribution in [3.8, 4) is 0 Å². The summed E-state index contributed by atoms with van der Waals surface area (Å²) in [7, 11) is 0. The van der Waals surface area contributed by atoms with E-state index in [1.165, 1.54) is 0 Å². The molecule has 3 N–H and O–H groups in total. The third kappa shape index (κ3) is 3.45. The zero-order chi connectivity index (χ0) is 20.3. The number of amides is 1. The Morgan fingerprint density at radius 3 is 2.69 bits per heavy atom. The molecule has 2 aromatic rings. The number of primary amides is 1. The smallest absolute Gasteiger partial charge is 0.265 e. The standard InChI is InChI=1S/C23H22N4O2/c1-2-23(17-10-4-3-5-11-17)26-20(16-9-8-13-25-15-16)19(21(27-23)22(24)28)18-12-6-7-14-29-18/h2-5,8-13,15,27H,1,6-7,14H2,(H2,24,28). The molecule has 0 spiro atoms. The first-order valence-electron chi connectivity index (χ1n) is 9.50. The molecule has 1 aromatic carbocycles. The third-order valence-corrected chi connectivity index (χ3v) is 4.96. The first kappa shape index (κ1) is 18.7. The molecule has 0 aliphatic carbocycles. The fourth-order valence-electron chi connectivity index (χ4n) is 3.54. The molecule has 1 aromatic heterocycles. The lowest BCUT2D eigenvalue weighted by atomic mass is 9.90. The normalized spacial score (nSPS) is 21.4. The molecular weight excluding hydrogens is 364 g/mol. The van der Waals surface area contributed by atoms with Crippen LogP contribution in [0.1, 0.15) is 24.0 Å². The molecule has 3 heterocycles. The number of pyridine rings is 1. The van der Waals surface area contributed by atoms with Crippen molar-refractivity contribution in [2.24, 2.45) is 10.7 Å². The lowest BCUT2D eigenvalue weighted by molar-refractivity contribution is -0.115. The molecule has 1 unspecified atom stereocenters. The van der Waals surface area contributed by atoms with Gasteiger partial charge in [0.2, 0.25) is 0 Å². The first-order valence-corrected chi connectivity index (χ1v) is 9.50. The van der Waals surface area contributed by atoms with Crippen molar-refractivity contribution in [3.05, 3.63) is 102 Å². The molecule has 1 amide bonds. The molecule has 6 heteroatoms. The van der Waals surface area contributed by atoms with Gasteiger partial charge in [0.1, 0.15) is 11.5 Å². The number of carbonyl (C=O) groups excluding carboxylic acids is 1. The molecule has 2 aliphatic heterocycles. The Kier molecular flexibility index (Phi) is 4.99. The van der Waals surface area contributed by atoms with Crippen LogP contribution in [0.3, 0.4) is 0 Å². The Bertz CT molecular complexity index is 1030. The largest absolute Gasteiger partial charge is 0.493 e. The molecule has 2 aliphatic rings. The van der Waals surface area contributed by atoms with Crippen molar-refractivity contribution in [1.29, 1.82) is 0 Å². The fraction of sp³-hybridized carbons (Fsp3) is 0.174. The maximum atomic E-state index is 12.5. The molecule has 29 heavy (non-hydrogen) atoms. The van der Waals surface area contributed by atoms with E-state index >= 15 is 0 Å². The van der Waals surface area contributed by atoms with Gasteiger partial charge in [0.05, 0.1) is 17.9 Å². The van der Waals surface area contributed by atoms with Gasteiger partial charge in [0.25, 0.3) is 5.91 Å². The number of benzene rings is 1. The Labute approximate surface area is 169 Å². The summed E-state index contributed by atoms with van der Waals surface area (Å²) in [5.41, 5.74) is 7.76. The lowest BCUT2D eigenvalue weighted by Crippen LogP contribution is -2.47. The molecule has 0 fully saturated rings. The van der Waals surface area contributed by atoms with E-state index < -0.39 is 11.6 Å². The van der Waals surface area contributed by atoms with E-state index in [0.717, 1.165) is 24.0 Å². The number of nitrogens with one attached hydrogen (secondary N) is 1. The van der Waals surface area contributed by atoms with Crippen LogP contribution in [0.5, 0.6) is 0 Å². The number of rotatable bonds is 5. The minimum absolute atomic E-state index is 0.246. The Balaban J connectivity index is 1.99. The van der Waals surface area contributed by atoms with Gasteiger partial charge in [-0.05, 0) is 37.1 Å². The van der Waals surface area contributed by atoms with Gasteiger partial charge in [-0.15, -0.1) is 0 Å². The van der Waals surface area contributed by atoms with E-state index in [1.807, 2.05) is 48.5 Å². The molecule has 146 valence electrons. The van der Waals surface area contributed by atoms with Gasteiger partial charge in [-0.2, -0.15) is 0 Å². The van der Waals surface area contributed by atoms with Crippen molar-refractivity contribution in [2.45, 2.75) is 18.5 Å². The van der Waals surface area contributed by atoms with Gasteiger partial charge in [0, 0.05) is 23.5 Å². The van der Waals surface area contributed by atoms with E-state index in [2.05, 4.69) is 16.9 Å². The maximum absolute atomic E-state index is 12.5. The van der Waals surface area contributed by atoms with Crippen LogP contribution in [0.15, 0.2) is 95.6 Å². The van der Waals surface area contributed by atoms with Gasteiger partial charge in [0.15, 0.2) is 5.66 Å². The molecule has 0 saturated carbocycles. The molecule has 4 rings (SSSR count). The van der Waals surface area contributed by atoms with Gasteiger partial charge < -0.3 is 15.8 Å². The summed E-state index contributed by atoms with van der Waals surface area (Å²) in [6, 6.07) is 13.3. The topological polar surface area (TPSA) is 89.6 Å². The average Bonchev–Trinajstić information content (AvgIpc) is 2.80. The minimum Gasteiger partial charge on any atom is -0.493 e. The highest BCUT2D eigenvalue weighted by Gasteiger charge is 2.39. The zero-order valence-corrected chi connectivity index (χ0v) is 16.0. The van der Waals surface area contributed by atoms with Gasteiger partial charge in [-0.3, -0.25) is 9.78 Å². The van der Waals surface area contributed by atoms with Crippen LogP contribution in [0.25, 0.3) is 0 Å². The summed E-state index contributed by atoms with van der Waals surface area (Å²) in [5.74, 6) is 0.0133. The summed E-state index contributed by atoms with van der Waals surface area (Å²) in [4.78, 5) is 21.8. The summed E-state index contributed by atoms with van der Waals surface area (Å²) in [6.07, 6.45) is 8.84. The molecular formula is C23H22N4O2. The Hall–Kier alpha value is -3.67. The predicted octanol–water partition coefficient (Wildman–Crippen LogP) is 2.95. The van der Waals surface area contributed by atoms with Crippen molar-refractivity contribution in [3.63, 3.8) is 0 Å². The Morgan fingerprint density at radius 1 is 1.24 bits per heavy atom. The van der Waals surface area contributed by atoms with E-state index in [0.29, 0.717) is 23.7 Å². The van der Waals surface area contributed by atoms with Crippen LogP contribution in [0.2, 0.25) is 0 Å². The molecule has 0 saturated heterocycles. The number of hydrogen-bond donors (Lipinski definition) is 2. The second kappa shape index (κ2) is 7.75. The third-order valence-electron chi connectivity index (χ3n) is 4.96. The highest BCUT2D eigenvalue weighted by Crippen LogP contribution is 2.35. The monoisotopic (exact) mass is 386 g/mol. The van der Waals surface area contributed by atoms with E-state index in [9.17, 15) is 4.79 Å². The van der Waals surface area contributed by atoms with Crippen LogP contribution >= 0.6 is 0 Å². The molecule has 6 nitrogen and oxygen atoms in total. The van der Waals surface area contributed by atoms with Gasteiger partial charge in [-0.1, -0.05) is 36.9 Å². The van der Waals surface area contributed by atoms with Crippen LogP contribution < -0.4 is 11.1 Å². The lowest BCUT2D eigenvalue weighted by Gasteiger charge is -2.36. The summed E-state index contributed by atoms with van der Waals surface area (Å²) < 4.78 is 5.89. The highest BCUT2D eigenvalue weighted by molar-refractivity contribution is 6.19. The number of allylic oxidation sites excluding steroid dienone is 2. The minimum atomic E-state index is -1.05. The number of aromatic nitrogens is 1. The molecule has 0 bridgehead atoms. The van der Waals surface area contributed by atoms with Crippen molar-refractivity contribution in [1.82, 2.24) is 10.3 Å². The molecule has 1 atom stereocenters. The zero-order valence-electron chi connectivity index (χ0n) is 16.0. The predicted molar refractivity (Wildman–Crippen MR) is 112 cm³/mol. The summed E-state index contributed by atoms with van der Waals surface area (Å²) in [6.45, 7) is 4.56. The second-order valence-corrected chi connectivity index (χ2v) is 6.84. The maximum Gasteiger partial charge on any atom is 0.265 e. The van der Waals surface area contributed by atoms with Crippen LogP contribution in [0, 0.1) is 0 Å². The van der Waals surface area contributed by atoms with Crippen molar-refractivity contribution >= 4 is 11.6 Å². The van der Waals surface area contributed by atoms with Crippen LogP contribution in [-0.2, 0) is 15.2 Å². The second-order valence-electron chi connectivity index (χ2n) is 6.84. The highest BCUT2D eigenvalue weighted by atomic mass is 16.5. The van der Waals surface area contributed by atoms with Crippen LogP contribution in [0.4, 0.5) is 0 Å². The first-order chi connectivity index (χ1) is 14.1. The summed E-state index contributed by atoms with van der Waals surface area (Å²) in [5, 5.41) is 3.24. The molecule has 0 radical (unpaired) electrons.